The Labute approximate surface area is 136 Å². The second-order valence-corrected chi connectivity index (χ2v) is 6.70. The summed E-state index contributed by atoms with van der Waals surface area (Å²) >= 11 is 0. The largest absolute Gasteiger partial charge is 0.497 e. The van der Waals surface area contributed by atoms with Crippen molar-refractivity contribution in [3.05, 3.63) is 23.8 Å². The normalized spacial score (nSPS) is 22.4. The van der Waals surface area contributed by atoms with Gasteiger partial charge in [0.1, 0.15) is 5.75 Å². The summed E-state index contributed by atoms with van der Waals surface area (Å²) in [6.45, 7) is 5.73. The van der Waals surface area contributed by atoms with Crippen LogP contribution in [0.2, 0.25) is 0 Å². The molecule has 0 aromatic heterocycles. The summed E-state index contributed by atoms with van der Waals surface area (Å²) in [6.07, 6.45) is 0.633. The number of amides is 3. The smallest absolute Gasteiger partial charge is 0.317 e. The third-order valence-corrected chi connectivity index (χ3v) is 4.64. The lowest BCUT2D eigenvalue weighted by molar-refractivity contribution is -0.120. The van der Waals surface area contributed by atoms with Gasteiger partial charge < -0.3 is 20.3 Å². The molecule has 0 bridgehead atoms. The number of fused-ring (bicyclic) bond motifs is 2. The monoisotopic (exact) mass is 317 g/mol. The Morgan fingerprint density at radius 1 is 1.48 bits per heavy atom. The number of urea groups is 1. The summed E-state index contributed by atoms with van der Waals surface area (Å²) < 4.78 is 5.28. The molecular formula is C17H23N3O3. The van der Waals surface area contributed by atoms with Crippen LogP contribution in [0.25, 0.3) is 0 Å². The Morgan fingerprint density at radius 2 is 2.26 bits per heavy atom. The molecule has 6 nitrogen and oxygen atoms in total. The predicted octanol–water partition coefficient (Wildman–Crippen LogP) is 1.96. The van der Waals surface area contributed by atoms with Gasteiger partial charge in [0.15, 0.2) is 0 Å². The summed E-state index contributed by atoms with van der Waals surface area (Å²) in [5.41, 5.74) is 1.10. The van der Waals surface area contributed by atoms with Gasteiger partial charge in [-0.25, -0.2) is 4.79 Å². The zero-order valence-corrected chi connectivity index (χ0v) is 13.8. The highest BCUT2D eigenvalue weighted by Gasteiger charge is 2.52. The first-order valence-corrected chi connectivity index (χ1v) is 7.99. The van der Waals surface area contributed by atoms with Crippen LogP contribution in [-0.4, -0.2) is 43.6 Å². The first-order valence-electron chi connectivity index (χ1n) is 7.99. The molecule has 3 amide bonds. The molecule has 2 aliphatic heterocycles. The van der Waals surface area contributed by atoms with E-state index < -0.39 is 5.41 Å². The van der Waals surface area contributed by atoms with Crippen LogP contribution in [0.3, 0.4) is 0 Å². The number of hydrogen-bond donors (Lipinski definition) is 2. The summed E-state index contributed by atoms with van der Waals surface area (Å²) in [5, 5.41) is 5.86. The molecule has 2 heterocycles. The molecule has 0 aliphatic carbocycles. The number of hydrogen-bond acceptors (Lipinski definition) is 3. The molecule has 0 radical (unpaired) electrons. The maximum Gasteiger partial charge on any atom is 0.317 e. The summed E-state index contributed by atoms with van der Waals surface area (Å²) in [5.74, 6) is 1.09. The standard InChI is InChI=1S/C17H23N3O3/c1-11(2)9-18-16(22)20-7-6-17(10-20)13-8-12(23-3)4-5-14(13)19-15(17)21/h4-5,8,11H,6-7,9-10H2,1-3H3,(H,18,22)(H,19,21)/t17-/m0/s1. The Morgan fingerprint density at radius 3 is 2.96 bits per heavy atom. The highest BCUT2D eigenvalue weighted by Crippen LogP contribution is 2.45. The van der Waals surface area contributed by atoms with Gasteiger partial charge in [0.05, 0.1) is 12.5 Å². The van der Waals surface area contributed by atoms with E-state index in [-0.39, 0.29) is 11.9 Å². The highest BCUT2D eigenvalue weighted by molar-refractivity contribution is 6.07. The lowest BCUT2D eigenvalue weighted by Gasteiger charge is -2.23. The molecule has 0 unspecified atom stereocenters. The first kappa shape index (κ1) is 15.6. The fourth-order valence-corrected chi connectivity index (χ4v) is 3.31. The van der Waals surface area contributed by atoms with Crippen molar-refractivity contribution in [1.29, 1.82) is 0 Å². The van der Waals surface area contributed by atoms with E-state index in [2.05, 4.69) is 24.5 Å². The molecule has 1 fully saturated rings. The topological polar surface area (TPSA) is 70.7 Å². The third kappa shape index (κ3) is 2.62. The van der Waals surface area contributed by atoms with Gasteiger partial charge >= 0.3 is 6.03 Å². The molecule has 1 saturated heterocycles. The molecule has 1 aromatic carbocycles. The van der Waals surface area contributed by atoms with Crippen LogP contribution in [0.1, 0.15) is 25.8 Å². The summed E-state index contributed by atoms with van der Waals surface area (Å²) in [7, 11) is 1.61. The van der Waals surface area contributed by atoms with E-state index in [1.54, 1.807) is 12.0 Å². The van der Waals surface area contributed by atoms with Crippen molar-refractivity contribution < 1.29 is 14.3 Å². The van der Waals surface area contributed by atoms with Crippen molar-refractivity contribution in [2.24, 2.45) is 5.92 Å². The Kier molecular flexibility index (Phi) is 3.92. The third-order valence-electron chi connectivity index (χ3n) is 4.64. The van der Waals surface area contributed by atoms with E-state index in [0.29, 0.717) is 32.0 Å². The van der Waals surface area contributed by atoms with Crippen molar-refractivity contribution in [3.63, 3.8) is 0 Å². The number of carbonyl (C=O) groups excluding carboxylic acids is 2. The molecule has 6 heteroatoms. The van der Waals surface area contributed by atoms with Gasteiger partial charge in [-0.1, -0.05) is 13.8 Å². The van der Waals surface area contributed by atoms with Crippen molar-refractivity contribution in [1.82, 2.24) is 10.2 Å². The maximum absolute atomic E-state index is 12.6. The fraction of sp³-hybridized carbons (Fsp3) is 0.529. The predicted molar refractivity (Wildman–Crippen MR) is 87.7 cm³/mol. The van der Waals surface area contributed by atoms with Crippen molar-refractivity contribution in [2.75, 3.05) is 32.1 Å². The molecule has 3 rings (SSSR count). The minimum atomic E-state index is -0.654. The minimum absolute atomic E-state index is 0.0279. The molecule has 0 saturated carbocycles. The number of ether oxygens (including phenoxy) is 1. The summed E-state index contributed by atoms with van der Waals surface area (Å²) in [4.78, 5) is 26.6. The van der Waals surface area contributed by atoms with Gasteiger partial charge in [0.2, 0.25) is 5.91 Å². The maximum atomic E-state index is 12.6. The molecule has 1 atom stereocenters. The number of methoxy groups -OCH3 is 1. The number of benzene rings is 1. The van der Waals surface area contributed by atoms with Crippen LogP contribution in [0.5, 0.6) is 5.75 Å². The van der Waals surface area contributed by atoms with Crippen LogP contribution in [0.4, 0.5) is 10.5 Å². The highest BCUT2D eigenvalue weighted by atomic mass is 16.5. The van der Waals surface area contributed by atoms with Gasteiger partial charge in [-0.3, -0.25) is 4.79 Å². The quantitative estimate of drug-likeness (QED) is 0.895. The number of nitrogens with zero attached hydrogens (tertiary/aromatic N) is 1. The van der Waals surface area contributed by atoms with Gasteiger partial charge in [-0.15, -0.1) is 0 Å². The van der Waals surface area contributed by atoms with Gasteiger partial charge in [-0.05, 0) is 36.1 Å². The van der Waals surface area contributed by atoms with Crippen molar-refractivity contribution in [3.8, 4) is 5.75 Å². The number of likely N-dealkylation sites (tertiary alicyclic amines) is 1. The van der Waals surface area contributed by atoms with Crippen molar-refractivity contribution >= 4 is 17.6 Å². The second kappa shape index (κ2) is 5.76. The average Bonchev–Trinajstić information content (AvgIpc) is 3.09. The molecule has 23 heavy (non-hydrogen) atoms. The van der Waals surface area contributed by atoms with Gasteiger partial charge in [0, 0.05) is 25.3 Å². The lowest BCUT2D eigenvalue weighted by atomic mass is 9.81. The molecular weight excluding hydrogens is 294 g/mol. The zero-order valence-electron chi connectivity index (χ0n) is 13.8. The zero-order chi connectivity index (χ0) is 16.6. The molecule has 124 valence electrons. The fourth-order valence-electron chi connectivity index (χ4n) is 3.31. The van der Waals surface area contributed by atoms with Crippen molar-refractivity contribution in [2.45, 2.75) is 25.7 Å². The van der Waals surface area contributed by atoms with E-state index in [9.17, 15) is 9.59 Å². The number of nitrogens with one attached hydrogen (secondary N) is 2. The number of rotatable bonds is 3. The molecule has 2 aliphatic rings. The van der Waals surface area contributed by atoms with E-state index >= 15 is 0 Å². The Balaban J connectivity index is 1.82. The first-order chi connectivity index (χ1) is 11.0. The number of carbonyl (C=O) groups is 2. The minimum Gasteiger partial charge on any atom is -0.497 e. The Bertz CT molecular complexity index is 644. The van der Waals surface area contributed by atoms with E-state index in [4.69, 9.17) is 4.74 Å². The average molecular weight is 317 g/mol. The van der Waals surface area contributed by atoms with E-state index in [1.165, 1.54) is 0 Å². The van der Waals surface area contributed by atoms with Crippen LogP contribution in [0, 0.1) is 5.92 Å². The van der Waals surface area contributed by atoms with Crippen LogP contribution in [-0.2, 0) is 10.2 Å². The molecule has 1 aromatic rings. The molecule has 1 spiro atoms. The van der Waals surface area contributed by atoms with E-state index in [0.717, 1.165) is 17.0 Å². The van der Waals surface area contributed by atoms with E-state index in [1.807, 2.05) is 18.2 Å². The van der Waals surface area contributed by atoms with Crippen LogP contribution < -0.4 is 15.4 Å². The van der Waals surface area contributed by atoms with Gasteiger partial charge in [-0.2, -0.15) is 0 Å². The summed E-state index contributed by atoms with van der Waals surface area (Å²) in [6, 6.07) is 5.50. The lowest BCUT2D eigenvalue weighted by Crippen LogP contribution is -2.43. The molecule has 2 N–H and O–H groups in total. The van der Waals surface area contributed by atoms with Crippen LogP contribution >= 0.6 is 0 Å². The second-order valence-electron chi connectivity index (χ2n) is 6.70. The SMILES string of the molecule is COc1ccc2c(c1)[C@@]1(CCN(C(=O)NCC(C)C)C1)C(=O)N2. The van der Waals surface area contributed by atoms with Gasteiger partial charge in [0.25, 0.3) is 0 Å². The number of anilines is 1. The Hall–Kier alpha value is -2.24. The van der Waals surface area contributed by atoms with Crippen LogP contribution in [0.15, 0.2) is 18.2 Å².